The van der Waals surface area contributed by atoms with Gasteiger partial charge in [-0.3, -0.25) is 4.40 Å². The van der Waals surface area contributed by atoms with Gasteiger partial charge in [0.2, 0.25) is 0 Å². The van der Waals surface area contributed by atoms with Gasteiger partial charge in [0.05, 0.1) is 12.5 Å². The van der Waals surface area contributed by atoms with Crippen molar-refractivity contribution in [3.8, 4) is 17.1 Å². The van der Waals surface area contributed by atoms with Crippen molar-refractivity contribution < 1.29 is 4.74 Å². The second-order valence-corrected chi connectivity index (χ2v) is 7.16. The largest absolute Gasteiger partial charge is 0.497 e. The smallest absolute Gasteiger partial charge is 0.172 e. The highest BCUT2D eigenvalue weighted by atomic mass is 32.1. The van der Waals surface area contributed by atoms with Crippen LogP contribution in [0.4, 0.5) is 0 Å². The van der Waals surface area contributed by atoms with Gasteiger partial charge in [-0.1, -0.05) is 0 Å². The highest BCUT2D eigenvalue weighted by Crippen LogP contribution is 2.37. The summed E-state index contributed by atoms with van der Waals surface area (Å²) in [6, 6.07) is 7.88. The summed E-state index contributed by atoms with van der Waals surface area (Å²) in [6.07, 6.45) is 6.67. The molecule has 0 N–H and O–H groups in total. The van der Waals surface area contributed by atoms with Gasteiger partial charge in [0, 0.05) is 10.4 Å². The molecule has 120 valence electrons. The van der Waals surface area contributed by atoms with E-state index >= 15 is 0 Å². The molecule has 0 bridgehead atoms. The van der Waals surface area contributed by atoms with E-state index in [1.54, 1.807) is 7.11 Å². The molecular weight excluding hydrogens is 320 g/mol. The van der Waals surface area contributed by atoms with Crippen LogP contribution in [0, 0.1) is 0 Å². The van der Waals surface area contributed by atoms with Crippen molar-refractivity contribution in [3.05, 3.63) is 41.0 Å². The van der Waals surface area contributed by atoms with Crippen molar-refractivity contribution >= 4 is 27.2 Å². The van der Waals surface area contributed by atoms with Gasteiger partial charge in [-0.25, -0.2) is 4.98 Å². The van der Waals surface area contributed by atoms with Crippen molar-refractivity contribution in [1.29, 1.82) is 0 Å². The first kappa shape index (κ1) is 13.9. The molecule has 0 saturated heterocycles. The first-order valence-corrected chi connectivity index (χ1v) is 8.95. The van der Waals surface area contributed by atoms with Crippen molar-refractivity contribution in [2.24, 2.45) is 0 Å². The molecule has 0 aliphatic heterocycles. The molecule has 5 nitrogen and oxygen atoms in total. The molecule has 0 fully saturated rings. The number of ether oxygens (including phenoxy) is 1. The monoisotopic (exact) mass is 336 g/mol. The maximum atomic E-state index is 5.23. The van der Waals surface area contributed by atoms with E-state index in [-0.39, 0.29) is 0 Å². The molecule has 24 heavy (non-hydrogen) atoms. The molecule has 4 aromatic rings. The summed E-state index contributed by atoms with van der Waals surface area (Å²) in [5.74, 6) is 1.65. The third kappa shape index (κ3) is 1.96. The van der Waals surface area contributed by atoms with Gasteiger partial charge in [0.25, 0.3) is 0 Å². The number of benzene rings is 1. The fourth-order valence-corrected chi connectivity index (χ4v) is 4.71. The minimum atomic E-state index is 0.817. The Morgan fingerprint density at radius 2 is 1.92 bits per heavy atom. The summed E-state index contributed by atoms with van der Waals surface area (Å²) < 4.78 is 7.24. The molecule has 0 atom stereocenters. The van der Waals surface area contributed by atoms with E-state index in [1.165, 1.54) is 35.1 Å². The lowest BCUT2D eigenvalue weighted by Gasteiger charge is -2.10. The lowest BCUT2D eigenvalue weighted by atomic mass is 9.97. The SMILES string of the molecule is COc1ccc(-c2nnc3c4c5c(sc4ncn23)CCCC5)cc1. The van der Waals surface area contributed by atoms with E-state index in [4.69, 9.17) is 4.74 Å². The van der Waals surface area contributed by atoms with Gasteiger partial charge >= 0.3 is 0 Å². The molecule has 3 aromatic heterocycles. The molecule has 3 heterocycles. The van der Waals surface area contributed by atoms with E-state index in [0.717, 1.165) is 34.0 Å². The molecule has 5 rings (SSSR count). The Morgan fingerprint density at radius 3 is 2.75 bits per heavy atom. The van der Waals surface area contributed by atoms with Crippen LogP contribution < -0.4 is 4.74 Å². The van der Waals surface area contributed by atoms with Crippen LogP contribution in [0.1, 0.15) is 23.3 Å². The third-order valence-electron chi connectivity index (χ3n) is 4.71. The Bertz CT molecular complexity index is 1050. The fourth-order valence-electron chi connectivity index (χ4n) is 3.49. The highest BCUT2D eigenvalue weighted by molar-refractivity contribution is 7.19. The summed E-state index contributed by atoms with van der Waals surface area (Å²) in [4.78, 5) is 7.25. The average molecular weight is 336 g/mol. The highest BCUT2D eigenvalue weighted by Gasteiger charge is 2.21. The standard InChI is InChI=1S/C18H16N4OS/c1-23-12-8-6-11(7-9-12)16-20-21-17-15-13-4-2-3-5-14(13)24-18(15)19-10-22(16)17/h6-10H,2-5H2,1H3. The zero-order valence-electron chi connectivity index (χ0n) is 13.3. The summed E-state index contributed by atoms with van der Waals surface area (Å²) in [5.41, 5.74) is 3.37. The molecule has 0 amide bonds. The van der Waals surface area contributed by atoms with Crippen LogP contribution >= 0.6 is 11.3 Å². The molecule has 1 aliphatic carbocycles. The van der Waals surface area contributed by atoms with Crippen LogP contribution in [0.5, 0.6) is 5.75 Å². The Kier molecular flexibility index (Phi) is 3.06. The predicted molar refractivity (Wildman–Crippen MR) is 94.8 cm³/mol. The number of aryl methyl sites for hydroxylation is 2. The number of methoxy groups -OCH3 is 1. The topological polar surface area (TPSA) is 52.3 Å². The van der Waals surface area contributed by atoms with Gasteiger partial charge in [0.1, 0.15) is 16.9 Å². The summed E-state index contributed by atoms with van der Waals surface area (Å²) in [7, 11) is 1.67. The lowest BCUT2D eigenvalue weighted by Crippen LogP contribution is -1.99. The van der Waals surface area contributed by atoms with Gasteiger partial charge in [0.15, 0.2) is 11.5 Å². The number of fused-ring (bicyclic) bond motifs is 5. The van der Waals surface area contributed by atoms with Crippen LogP contribution in [0.15, 0.2) is 30.6 Å². The van der Waals surface area contributed by atoms with E-state index in [1.807, 2.05) is 46.3 Å². The van der Waals surface area contributed by atoms with Crippen LogP contribution in [-0.4, -0.2) is 26.7 Å². The Balaban J connectivity index is 1.74. The maximum absolute atomic E-state index is 5.23. The van der Waals surface area contributed by atoms with E-state index in [9.17, 15) is 0 Å². The second-order valence-electron chi connectivity index (χ2n) is 6.08. The molecule has 1 aliphatic rings. The van der Waals surface area contributed by atoms with Crippen molar-refractivity contribution in [1.82, 2.24) is 19.6 Å². The van der Waals surface area contributed by atoms with Crippen molar-refractivity contribution in [3.63, 3.8) is 0 Å². The third-order valence-corrected chi connectivity index (χ3v) is 5.91. The normalized spacial score (nSPS) is 14.2. The van der Waals surface area contributed by atoms with Gasteiger partial charge in [-0.2, -0.15) is 0 Å². The number of rotatable bonds is 2. The second kappa shape index (κ2) is 5.27. The Labute approximate surface area is 142 Å². The van der Waals surface area contributed by atoms with Crippen LogP contribution in [-0.2, 0) is 12.8 Å². The molecule has 0 unspecified atom stereocenters. The molecule has 0 saturated carbocycles. The Hall–Kier alpha value is -2.47. The first-order chi connectivity index (χ1) is 11.8. The number of aromatic nitrogens is 4. The fraction of sp³-hybridized carbons (Fsp3) is 0.278. The lowest BCUT2D eigenvalue weighted by molar-refractivity contribution is 0.415. The minimum absolute atomic E-state index is 0.817. The quantitative estimate of drug-likeness (QED) is 0.557. The molecule has 1 aromatic carbocycles. The summed E-state index contributed by atoms with van der Waals surface area (Å²) in [6.45, 7) is 0. The zero-order chi connectivity index (χ0) is 16.1. The average Bonchev–Trinajstić information content (AvgIpc) is 3.22. The van der Waals surface area contributed by atoms with E-state index in [2.05, 4.69) is 15.2 Å². The molecular formula is C18H16N4OS. The van der Waals surface area contributed by atoms with E-state index in [0.29, 0.717) is 0 Å². The number of hydrogen-bond donors (Lipinski definition) is 0. The number of nitrogens with zero attached hydrogens (tertiary/aromatic N) is 4. The Morgan fingerprint density at radius 1 is 1.08 bits per heavy atom. The van der Waals surface area contributed by atoms with Crippen LogP contribution in [0.2, 0.25) is 0 Å². The van der Waals surface area contributed by atoms with Crippen molar-refractivity contribution in [2.45, 2.75) is 25.7 Å². The van der Waals surface area contributed by atoms with Crippen LogP contribution in [0.25, 0.3) is 27.3 Å². The first-order valence-electron chi connectivity index (χ1n) is 8.13. The minimum Gasteiger partial charge on any atom is -0.497 e. The van der Waals surface area contributed by atoms with Crippen LogP contribution in [0.3, 0.4) is 0 Å². The zero-order valence-corrected chi connectivity index (χ0v) is 14.1. The van der Waals surface area contributed by atoms with Gasteiger partial charge in [-0.15, -0.1) is 21.5 Å². The molecule has 0 spiro atoms. The summed E-state index contributed by atoms with van der Waals surface area (Å²) >= 11 is 1.82. The maximum Gasteiger partial charge on any atom is 0.172 e. The predicted octanol–water partition coefficient (Wildman–Crippen LogP) is 3.89. The van der Waals surface area contributed by atoms with Gasteiger partial charge in [-0.05, 0) is 55.5 Å². The number of thiophene rings is 1. The van der Waals surface area contributed by atoms with Crippen molar-refractivity contribution in [2.75, 3.05) is 7.11 Å². The molecule has 0 radical (unpaired) electrons. The molecule has 6 heteroatoms. The summed E-state index contributed by atoms with van der Waals surface area (Å²) in [5, 5.41) is 10.1. The van der Waals surface area contributed by atoms with Gasteiger partial charge < -0.3 is 4.74 Å². The van der Waals surface area contributed by atoms with E-state index < -0.39 is 0 Å². The number of hydrogen-bond acceptors (Lipinski definition) is 5.